The van der Waals surface area contributed by atoms with Crippen molar-refractivity contribution in [1.29, 1.82) is 0 Å². The summed E-state index contributed by atoms with van der Waals surface area (Å²) in [6.07, 6.45) is 2.33. The standard InChI is InChI=1S/C23H27N3O2S/c1-16(23-24-20-6-4-5-7-21(20)29-23)25(2)22(27)15-26(18-10-11-18)14-17-8-12-19(28-3)13-9-17/h4-9,12-13,16,18H,10-11,14-15H2,1-3H3/t16-/m1/s1. The number of benzene rings is 2. The number of para-hydroxylation sites is 1. The van der Waals surface area contributed by atoms with Gasteiger partial charge in [0.2, 0.25) is 5.91 Å². The number of aromatic nitrogens is 1. The number of carbonyl (C=O) groups excluding carboxylic acids is 1. The number of hydrogen-bond donors (Lipinski definition) is 0. The van der Waals surface area contributed by atoms with Crippen molar-refractivity contribution in [2.75, 3.05) is 20.7 Å². The third-order valence-electron chi connectivity index (χ3n) is 5.59. The Labute approximate surface area is 175 Å². The average molecular weight is 410 g/mol. The fraction of sp³-hybridized carbons (Fsp3) is 0.391. The van der Waals surface area contributed by atoms with Crippen LogP contribution in [-0.4, -0.2) is 47.4 Å². The lowest BCUT2D eigenvalue weighted by molar-refractivity contribution is -0.133. The van der Waals surface area contributed by atoms with Gasteiger partial charge < -0.3 is 9.64 Å². The molecule has 1 fully saturated rings. The zero-order valence-corrected chi connectivity index (χ0v) is 18.0. The van der Waals surface area contributed by atoms with Crippen molar-refractivity contribution in [3.05, 3.63) is 59.1 Å². The van der Waals surface area contributed by atoms with Crippen LogP contribution in [0.5, 0.6) is 5.75 Å². The zero-order chi connectivity index (χ0) is 20.4. The molecule has 0 unspecified atom stereocenters. The van der Waals surface area contributed by atoms with Gasteiger partial charge in [0, 0.05) is 19.6 Å². The molecule has 1 amide bonds. The van der Waals surface area contributed by atoms with Gasteiger partial charge in [-0.3, -0.25) is 9.69 Å². The smallest absolute Gasteiger partial charge is 0.237 e. The van der Waals surface area contributed by atoms with Crippen molar-refractivity contribution in [3.8, 4) is 5.75 Å². The van der Waals surface area contributed by atoms with Crippen molar-refractivity contribution < 1.29 is 9.53 Å². The summed E-state index contributed by atoms with van der Waals surface area (Å²) in [7, 11) is 3.56. The Morgan fingerprint density at radius 2 is 1.93 bits per heavy atom. The van der Waals surface area contributed by atoms with Gasteiger partial charge >= 0.3 is 0 Å². The van der Waals surface area contributed by atoms with Crippen LogP contribution in [0.3, 0.4) is 0 Å². The van der Waals surface area contributed by atoms with Crippen molar-refractivity contribution in [3.63, 3.8) is 0 Å². The predicted molar refractivity (Wildman–Crippen MR) is 117 cm³/mol. The number of amides is 1. The third-order valence-corrected chi connectivity index (χ3v) is 6.80. The minimum atomic E-state index is -0.0399. The summed E-state index contributed by atoms with van der Waals surface area (Å²) in [5, 5.41) is 0.982. The molecule has 1 aliphatic rings. The monoisotopic (exact) mass is 409 g/mol. The highest BCUT2D eigenvalue weighted by molar-refractivity contribution is 7.18. The summed E-state index contributed by atoms with van der Waals surface area (Å²) < 4.78 is 6.40. The minimum absolute atomic E-state index is 0.0399. The van der Waals surface area contributed by atoms with Crippen molar-refractivity contribution in [2.24, 2.45) is 0 Å². The molecular formula is C23H27N3O2S. The van der Waals surface area contributed by atoms with E-state index < -0.39 is 0 Å². The van der Waals surface area contributed by atoms with Crippen molar-refractivity contribution in [2.45, 2.75) is 38.4 Å². The summed E-state index contributed by atoms with van der Waals surface area (Å²) in [5.74, 6) is 0.990. The number of carbonyl (C=O) groups is 1. The highest BCUT2D eigenvalue weighted by atomic mass is 32.1. The fourth-order valence-corrected chi connectivity index (χ4v) is 4.52. The van der Waals surface area contributed by atoms with E-state index in [0.717, 1.165) is 27.5 Å². The van der Waals surface area contributed by atoms with E-state index in [-0.39, 0.29) is 11.9 Å². The van der Waals surface area contributed by atoms with Crippen LogP contribution in [0.15, 0.2) is 48.5 Å². The molecule has 2 aromatic carbocycles. The number of thiazole rings is 1. The summed E-state index contributed by atoms with van der Waals surface area (Å²) in [4.78, 5) is 21.9. The van der Waals surface area contributed by atoms with E-state index in [9.17, 15) is 4.79 Å². The molecule has 1 heterocycles. The molecule has 0 spiro atoms. The van der Waals surface area contributed by atoms with E-state index in [2.05, 4.69) is 30.0 Å². The van der Waals surface area contributed by atoms with Gasteiger partial charge in [-0.1, -0.05) is 24.3 Å². The molecule has 152 valence electrons. The van der Waals surface area contributed by atoms with E-state index in [4.69, 9.17) is 9.72 Å². The summed E-state index contributed by atoms with van der Waals surface area (Å²) in [5.41, 5.74) is 2.20. The molecule has 0 bridgehead atoms. The molecular weight excluding hydrogens is 382 g/mol. The maximum absolute atomic E-state index is 13.0. The topological polar surface area (TPSA) is 45.7 Å². The number of fused-ring (bicyclic) bond motifs is 1. The molecule has 6 heteroatoms. The first kappa shape index (κ1) is 19.9. The van der Waals surface area contributed by atoms with Crippen LogP contribution in [0.25, 0.3) is 10.2 Å². The second-order valence-electron chi connectivity index (χ2n) is 7.68. The van der Waals surface area contributed by atoms with E-state index >= 15 is 0 Å². The molecule has 1 aromatic heterocycles. The van der Waals surface area contributed by atoms with Gasteiger partial charge in [0.15, 0.2) is 0 Å². The molecule has 0 N–H and O–H groups in total. The van der Waals surface area contributed by atoms with Gasteiger partial charge in [0.1, 0.15) is 10.8 Å². The first-order chi connectivity index (χ1) is 14.0. The van der Waals surface area contributed by atoms with Crippen LogP contribution in [-0.2, 0) is 11.3 Å². The fourth-order valence-electron chi connectivity index (χ4n) is 3.45. The first-order valence-electron chi connectivity index (χ1n) is 10.0. The normalized spacial score (nSPS) is 14.9. The molecule has 5 nitrogen and oxygen atoms in total. The molecule has 1 aliphatic carbocycles. The van der Waals surface area contributed by atoms with Gasteiger partial charge in [0.05, 0.1) is 29.9 Å². The summed E-state index contributed by atoms with van der Waals surface area (Å²) in [6, 6.07) is 16.7. The summed E-state index contributed by atoms with van der Waals surface area (Å²) in [6.45, 7) is 3.27. The Morgan fingerprint density at radius 1 is 1.21 bits per heavy atom. The zero-order valence-electron chi connectivity index (χ0n) is 17.2. The van der Waals surface area contributed by atoms with Crippen LogP contribution in [0.4, 0.5) is 0 Å². The largest absolute Gasteiger partial charge is 0.497 e. The van der Waals surface area contributed by atoms with Crippen LogP contribution in [0, 0.1) is 0 Å². The molecule has 4 rings (SSSR count). The van der Waals surface area contributed by atoms with Gasteiger partial charge in [-0.25, -0.2) is 4.98 Å². The number of nitrogens with zero attached hydrogens (tertiary/aromatic N) is 3. The number of likely N-dealkylation sites (N-methyl/N-ethyl adjacent to an activating group) is 1. The van der Waals surface area contributed by atoms with Crippen molar-refractivity contribution >= 4 is 27.5 Å². The second kappa shape index (κ2) is 8.51. The maximum Gasteiger partial charge on any atom is 0.237 e. The van der Waals surface area contributed by atoms with Gasteiger partial charge in [0.25, 0.3) is 0 Å². The highest BCUT2D eigenvalue weighted by Crippen LogP contribution is 2.31. The van der Waals surface area contributed by atoms with Crippen LogP contribution in [0.2, 0.25) is 0 Å². The Kier molecular flexibility index (Phi) is 5.83. The molecule has 1 atom stereocenters. The first-order valence-corrected chi connectivity index (χ1v) is 10.8. The molecule has 0 radical (unpaired) electrons. The lowest BCUT2D eigenvalue weighted by atomic mass is 10.2. The number of hydrogen-bond acceptors (Lipinski definition) is 5. The number of ether oxygens (including phenoxy) is 1. The van der Waals surface area contributed by atoms with Crippen LogP contribution in [0.1, 0.15) is 36.4 Å². The maximum atomic E-state index is 13.0. The van der Waals surface area contributed by atoms with Gasteiger partial charge in [-0.2, -0.15) is 0 Å². The molecule has 29 heavy (non-hydrogen) atoms. The van der Waals surface area contributed by atoms with Gasteiger partial charge in [-0.05, 0) is 49.6 Å². The SMILES string of the molecule is COc1ccc(CN(CC(=O)N(C)[C@H](C)c2nc3ccccc3s2)C2CC2)cc1. The van der Waals surface area contributed by atoms with Gasteiger partial charge in [-0.15, -0.1) is 11.3 Å². The van der Waals surface area contributed by atoms with E-state index in [1.165, 1.54) is 18.4 Å². The van der Waals surface area contributed by atoms with E-state index in [1.807, 2.05) is 42.3 Å². The highest BCUT2D eigenvalue weighted by Gasteiger charge is 2.32. The Bertz CT molecular complexity index is 948. The number of rotatable bonds is 8. The Hall–Kier alpha value is -2.44. The quantitative estimate of drug-likeness (QED) is 0.550. The molecule has 0 saturated heterocycles. The molecule has 3 aromatic rings. The second-order valence-corrected chi connectivity index (χ2v) is 8.75. The van der Waals surface area contributed by atoms with Crippen LogP contribution >= 0.6 is 11.3 Å². The minimum Gasteiger partial charge on any atom is -0.497 e. The Morgan fingerprint density at radius 3 is 2.59 bits per heavy atom. The lowest BCUT2D eigenvalue weighted by Crippen LogP contribution is -2.40. The van der Waals surface area contributed by atoms with Crippen LogP contribution < -0.4 is 4.74 Å². The summed E-state index contributed by atoms with van der Waals surface area (Å²) >= 11 is 1.66. The van der Waals surface area contributed by atoms with E-state index in [1.54, 1.807) is 18.4 Å². The predicted octanol–water partition coefficient (Wildman–Crippen LogP) is 4.49. The third kappa shape index (κ3) is 4.60. The molecule has 1 saturated carbocycles. The average Bonchev–Trinajstić information content (AvgIpc) is 3.50. The van der Waals surface area contributed by atoms with Crippen molar-refractivity contribution in [1.82, 2.24) is 14.8 Å². The number of methoxy groups -OCH3 is 1. The lowest BCUT2D eigenvalue weighted by Gasteiger charge is -2.28. The van der Waals surface area contributed by atoms with E-state index in [0.29, 0.717) is 12.6 Å². The molecule has 0 aliphatic heterocycles. The Balaban J connectivity index is 1.42.